The number of likely N-dealkylation sites (tertiary alicyclic amines) is 1. The third kappa shape index (κ3) is 4.61. The monoisotopic (exact) mass is 368 g/mol. The van der Waals surface area contributed by atoms with Crippen LogP contribution in [0, 0.1) is 0 Å². The molecule has 5 nitrogen and oxygen atoms in total. The molecule has 2 aromatic carbocycles. The van der Waals surface area contributed by atoms with Crippen molar-refractivity contribution in [2.45, 2.75) is 38.8 Å². The standard InChI is InChI=1S/C22H28N2O3/c1-3-22(26)24(19-8-6-9-20(15-19)27-2)18-11-13-23(14-12-18)16-17-7-4-5-10-21(17)25/h4-10,15,18,25H,3,11-14,16H2,1-2H3. The van der Waals surface area contributed by atoms with Gasteiger partial charge >= 0.3 is 0 Å². The molecule has 27 heavy (non-hydrogen) atoms. The van der Waals surface area contributed by atoms with Gasteiger partial charge in [0.15, 0.2) is 0 Å². The zero-order valence-electron chi connectivity index (χ0n) is 16.1. The lowest BCUT2D eigenvalue weighted by Gasteiger charge is -2.38. The van der Waals surface area contributed by atoms with E-state index in [0.29, 0.717) is 12.2 Å². The smallest absolute Gasteiger partial charge is 0.226 e. The summed E-state index contributed by atoms with van der Waals surface area (Å²) in [4.78, 5) is 17.0. The fraction of sp³-hybridized carbons (Fsp3) is 0.409. The van der Waals surface area contributed by atoms with Gasteiger partial charge in [0.2, 0.25) is 5.91 Å². The summed E-state index contributed by atoms with van der Waals surface area (Å²) in [6.07, 6.45) is 2.31. The van der Waals surface area contributed by atoms with Crippen LogP contribution in [0.25, 0.3) is 0 Å². The number of benzene rings is 2. The van der Waals surface area contributed by atoms with Crippen LogP contribution in [0.3, 0.4) is 0 Å². The van der Waals surface area contributed by atoms with Gasteiger partial charge in [-0.1, -0.05) is 31.2 Å². The quantitative estimate of drug-likeness (QED) is 0.842. The number of rotatable bonds is 6. The minimum atomic E-state index is 0.141. The van der Waals surface area contributed by atoms with Crippen molar-refractivity contribution >= 4 is 11.6 Å². The van der Waals surface area contributed by atoms with E-state index in [-0.39, 0.29) is 11.9 Å². The van der Waals surface area contributed by atoms with E-state index in [1.54, 1.807) is 13.2 Å². The number of hydrogen-bond donors (Lipinski definition) is 1. The van der Waals surface area contributed by atoms with E-state index in [0.717, 1.165) is 49.5 Å². The van der Waals surface area contributed by atoms with Crippen LogP contribution in [0.1, 0.15) is 31.7 Å². The van der Waals surface area contributed by atoms with Gasteiger partial charge in [-0.15, -0.1) is 0 Å². The molecular formula is C22H28N2O3. The van der Waals surface area contributed by atoms with Crippen LogP contribution in [0.4, 0.5) is 5.69 Å². The van der Waals surface area contributed by atoms with Crippen molar-refractivity contribution in [2.75, 3.05) is 25.1 Å². The highest BCUT2D eigenvalue weighted by Gasteiger charge is 2.28. The second kappa shape index (κ2) is 8.91. The number of para-hydroxylation sites is 1. The SMILES string of the molecule is CCC(=O)N(c1cccc(OC)c1)C1CCN(Cc2ccccc2O)CC1. The normalized spacial score (nSPS) is 15.5. The number of ether oxygens (including phenoxy) is 1. The molecule has 0 unspecified atom stereocenters. The lowest BCUT2D eigenvalue weighted by molar-refractivity contribution is -0.119. The van der Waals surface area contributed by atoms with Crippen LogP contribution in [0.15, 0.2) is 48.5 Å². The number of nitrogens with zero attached hydrogens (tertiary/aromatic N) is 2. The van der Waals surface area contributed by atoms with Gasteiger partial charge in [0, 0.05) is 49.4 Å². The zero-order chi connectivity index (χ0) is 19.2. The van der Waals surface area contributed by atoms with E-state index < -0.39 is 0 Å². The Morgan fingerprint density at radius 2 is 1.93 bits per heavy atom. The first-order valence-corrected chi connectivity index (χ1v) is 9.57. The first kappa shape index (κ1) is 19.2. The summed E-state index contributed by atoms with van der Waals surface area (Å²) < 4.78 is 5.33. The first-order valence-electron chi connectivity index (χ1n) is 9.57. The Kier molecular flexibility index (Phi) is 6.35. The first-order chi connectivity index (χ1) is 13.1. The average Bonchev–Trinajstić information content (AvgIpc) is 2.71. The summed E-state index contributed by atoms with van der Waals surface area (Å²) in [7, 11) is 1.64. The highest BCUT2D eigenvalue weighted by atomic mass is 16.5. The van der Waals surface area contributed by atoms with Crippen molar-refractivity contribution in [1.29, 1.82) is 0 Å². The van der Waals surface area contributed by atoms with E-state index in [2.05, 4.69) is 4.90 Å². The molecule has 1 aliphatic rings. The van der Waals surface area contributed by atoms with Crippen LogP contribution >= 0.6 is 0 Å². The predicted octanol–water partition coefficient (Wildman–Crippen LogP) is 3.81. The minimum Gasteiger partial charge on any atom is -0.508 e. The molecule has 1 heterocycles. The van der Waals surface area contributed by atoms with Crippen molar-refractivity contribution in [3.8, 4) is 11.5 Å². The molecule has 2 aromatic rings. The van der Waals surface area contributed by atoms with Crippen LogP contribution < -0.4 is 9.64 Å². The second-order valence-electron chi connectivity index (χ2n) is 6.95. The lowest BCUT2D eigenvalue weighted by atomic mass is 10.0. The van der Waals surface area contributed by atoms with Crippen molar-refractivity contribution < 1.29 is 14.6 Å². The molecule has 1 N–H and O–H groups in total. The lowest BCUT2D eigenvalue weighted by Crippen LogP contribution is -2.47. The number of carbonyl (C=O) groups is 1. The maximum Gasteiger partial charge on any atom is 0.226 e. The molecule has 1 fully saturated rings. The van der Waals surface area contributed by atoms with Gasteiger partial charge in [-0.05, 0) is 31.0 Å². The number of aromatic hydroxyl groups is 1. The Morgan fingerprint density at radius 1 is 1.19 bits per heavy atom. The van der Waals surface area contributed by atoms with Gasteiger partial charge in [-0.3, -0.25) is 9.69 Å². The van der Waals surface area contributed by atoms with Crippen LogP contribution in [0.2, 0.25) is 0 Å². The Morgan fingerprint density at radius 3 is 2.59 bits per heavy atom. The third-order valence-electron chi connectivity index (χ3n) is 5.21. The van der Waals surface area contributed by atoms with Crippen molar-refractivity contribution in [3.05, 3.63) is 54.1 Å². The molecule has 1 amide bonds. The second-order valence-corrected chi connectivity index (χ2v) is 6.95. The maximum atomic E-state index is 12.7. The van der Waals surface area contributed by atoms with Gasteiger partial charge in [0.25, 0.3) is 0 Å². The minimum absolute atomic E-state index is 0.141. The maximum absolute atomic E-state index is 12.7. The van der Waals surface area contributed by atoms with E-state index in [9.17, 15) is 9.90 Å². The number of hydrogen-bond acceptors (Lipinski definition) is 4. The van der Waals surface area contributed by atoms with Crippen LogP contribution in [0.5, 0.6) is 11.5 Å². The molecule has 0 radical (unpaired) electrons. The summed E-state index contributed by atoms with van der Waals surface area (Å²) in [5.74, 6) is 1.25. The molecule has 0 aliphatic carbocycles. The van der Waals surface area contributed by atoms with Gasteiger partial charge in [0.1, 0.15) is 11.5 Å². The highest BCUT2D eigenvalue weighted by molar-refractivity contribution is 5.94. The summed E-state index contributed by atoms with van der Waals surface area (Å²) in [5, 5.41) is 9.99. The molecule has 3 rings (SSSR count). The molecule has 1 saturated heterocycles. The Hall–Kier alpha value is -2.53. The van der Waals surface area contributed by atoms with E-state index in [4.69, 9.17) is 4.74 Å². The van der Waals surface area contributed by atoms with Crippen LogP contribution in [-0.4, -0.2) is 42.2 Å². The van der Waals surface area contributed by atoms with E-state index in [1.807, 2.05) is 54.3 Å². The van der Waals surface area contributed by atoms with E-state index in [1.165, 1.54) is 0 Å². The summed E-state index contributed by atoms with van der Waals surface area (Å²) in [6, 6.07) is 15.4. The van der Waals surface area contributed by atoms with Crippen molar-refractivity contribution in [2.24, 2.45) is 0 Å². The fourth-order valence-electron chi connectivity index (χ4n) is 3.71. The van der Waals surface area contributed by atoms with Crippen molar-refractivity contribution in [3.63, 3.8) is 0 Å². The summed E-state index contributed by atoms with van der Waals surface area (Å²) in [6.45, 7) is 4.44. The topological polar surface area (TPSA) is 53.0 Å². The Bertz CT molecular complexity index is 770. The van der Waals surface area contributed by atoms with Crippen molar-refractivity contribution in [1.82, 2.24) is 4.90 Å². The molecule has 0 atom stereocenters. The molecule has 5 heteroatoms. The zero-order valence-corrected chi connectivity index (χ0v) is 16.1. The number of methoxy groups -OCH3 is 1. The Labute approximate surface area is 161 Å². The highest BCUT2D eigenvalue weighted by Crippen LogP contribution is 2.28. The molecular weight excluding hydrogens is 340 g/mol. The average molecular weight is 368 g/mol. The number of piperidine rings is 1. The van der Waals surface area contributed by atoms with Crippen LogP contribution in [-0.2, 0) is 11.3 Å². The number of phenols is 1. The fourth-order valence-corrected chi connectivity index (χ4v) is 3.71. The van der Waals surface area contributed by atoms with E-state index >= 15 is 0 Å². The number of amides is 1. The Balaban J connectivity index is 1.69. The largest absolute Gasteiger partial charge is 0.508 e. The molecule has 0 aromatic heterocycles. The number of anilines is 1. The summed E-state index contributed by atoms with van der Waals surface area (Å²) >= 11 is 0. The number of carbonyl (C=O) groups excluding carboxylic acids is 1. The molecule has 1 aliphatic heterocycles. The molecule has 0 saturated carbocycles. The van der Waals surface area contributed by atoms with Gasteiger partial charge in [-0.2, -0.15) is 0 Å². The molecule has 0 spiro atoms. The van der Waals surface area contributed by atoms with Gasteiger partial charge in [-0.25, -0.2) is 0 Å². The number of phenolic OH excluding ortho intramolecular Hbond substituents is 1. The predicted molar refractivity (Wildman–Crippen MR) is 107 cm³/mol. The summed E-state index contributed by atoms with van der Waals surface area (Å²) in [5.41, 5.74) is 1.85. The third-order valence-corrected chi connectivity index (χ3v) is 5.21. The van der Waals surface area contributed by atoms with Gasteiger partial charge < -0.3 is 14.7 Å². The molecule has 144 valence electrons. The molecule has 0 bridgehead atoms. The van der Waals surface area contributed by atoms with Gasteiger partial charge in [0.05, 0.1) is 7.11 Å².